The van der Waals surface area contributed by atoms with Gasteiger partial charge in [-0.15, -0.1) is 12.4 Å². The number of piperidine rings is 1. The molecule has 3 rings (SSSR count). The van der Waals surface area contributed by atoms with Crippen LogP contribution in [-0.2, 0) is 0 Å². The minimum Gasteiger partial charge on any atom is -0.339 e. The Morgan fingerprint density at radius 3 is 2.65 bits per heavy atom. The molecular weight excluding hydrogens is 316 g/mol. The van der Waals surface area contributed by atoms with Crippen molar-refractivity contribution in [1.29, 1.82) is 0 Å². The maximum atomic E-state index is 12.9. The molecule has 1 fully saturated rings. The number of likely N-dealkylation sites (tertiary alicyclic amines) is 1. The summed E-state index contributed by atoms with van der Waals surface area (Å²) in [5, 5.41) is 4.69. The average Bonchev–Trinajstić information content (AvgIpc) is 2.88. The molecule has 1 aliphatic heterocycles. The quantitative estimate of drug-likeness (QED) is 0.909. The summed E-state index contributed by atoms with van der Waals surface area (Å²) >= 11 is 0. The summed E-state index contributed by atoms with van der Waals surface area (Å²) in [6, 6.07) is 2.08. The molecule has 0 atom stereocenters. The first-order valence-electron chi connectivity index (χ1n) is 7.79. The molecule has 126 valence electrons. The molecule has 0 aromatic carbocycles. The van der Waals surface area contributed by atoms with Crippen LogP contribution in [0.2, 0.25) is 0 Å². The summed E-state index contributed by atoms with van der Waals surface area (Å²) in [7, 11) is 0. The van der Waals surface area contributed by atoms with E-state index in [0.29, 0.717) is 30.1 Å². The maximum Gasteiger partial charge on any atom is 0.259 e. The standard InChI is InChI=1S/C16H22N4O2.ClH/c1-9(2)13-8-12(14-10(3)19-22-15(14)18-13)16(21)20-6-4-11(17)5-7-20;/h8-9,11H,4-7,17H2,1-3H3;1H. The molecular formula is C16H23ClN4O2. The third-order valence-electron chi connectivity index (χ3n) is 4.29. The number of halogens is 1. The minimum atomic E-state index is 0. The first-order valence-corrected chi connectivity index (χ1v) is 7.79. The van der Waals surface area contributed by atoms with Gasteiger partial charge in [-0.1, -0.05) is 19.0 Å². The van der Waals surface area contributed by atoms with Crippen molar-refractivity contribution >= 4 is 29.4 Å². The second-order valence-electron chi connectivity index (χ2n) is 6.33. The molecule has 3 heterocycles. The molecule has 7 heteroatoms. The SMILES string of the molecule is Cc1noc2nc(C(C)C)cc(C(=O)N3CCC(N)CC3)c12.Cl. The topological polar surface area (TPSA) is 85.2 Å². The van der Waals surface area contributed by atoms with E-state index in [1.807, 2.05) is 31.7 Å². The highest BCUT2D eigenvalue weighted by molar-refractivity contribution is 6.06. The van der Waals surface area contributed by atoms with Gasteiger partial charge in [0.25, 0.3) is 11.6 Å². The molecule has 1 aliphatic rings. The molecule has 23 heavy (non-hydrogen) atoms. The highest BCUT2D eigenvalue weighted by atomic mass is 35.5. The van der Waals surface area contributed by atoms with Crippen LogP contribution in [0.3, 0.4) is 0 Å². The Kier molecular flexibility index (Phi) is 5.26. The van der Waals surface area contributed by atoms with Crippen molar-refractivity contribution in [3.05, 3.63) is 23.0 Å². The van der Waals surface area contributed by atoms with Gasteiger partial charge in [-0.3, -0.25) is 4.79 Å². The zero-order chi connectivity index (χ0) is 15.9. The van der Waals surface area contributed by atoms with Crippen LogP contribution in [0.1, 0.15) is 54.4 Å². The van der Waals surface area contributed by atoms with Crippen LogP contribution in [-0.4, -0.2) is 40.1 Å². The maximum absolute atomic E-state index is 12.9. The van der Waals surface area contributed by atoms with Gasteiger partial charge in [-0.2, -0.15) is 0 Å². The van der Waals surface area contributed by atoms with Gasteiger partial charge in [-0.25, -0.2) is 4.98 Å². The fourth-order valence-corrected chi connectivity index (χ4v) is 2.85. The number of aromatic nitrogens is 2. The summed E-state index contributed by atoms with van der Waals surface area (Å²) in [6.07, 6.45) is 1.69. The molecule has 0 saturated carbocycles. The second-order valence-corrected chi connectivity index (χ2v) is 6.33. The molecule has 2 aromatic rings. The smallest absolute Gasteiger partial charge is 0.259 e. The van der Waals surface area contributed by atoms with E-state index in [1.54, 1.807) is 0 Å². The zero-order valence-electron chi connectivity index (χ0n) is 13.7. The predicted molar refractivity (Wildman–Crippen MR) is 91.0 cm³/mol. The van der Waals surface area contributed by atoms with Gasteiger partial charge in [0.05, 0.1) is 16.6 Å². The highest BCUT2D eigenvalue weighted by Crippen LogP contribution is 2.26. The number of hydrogen-bond acceptors (Lipinski definition) is 5. The number of fused-ring (bicyclic) bond motifs is 1. The monoisotopic (exact) mass is 338 g/mol. The van der Waals surface area contributed by atoms with Gasteiger partial charge in [0.2, 0.25) is 0 Å². The van der Waals surface area contributed by atoms with Gasteiger partial charge in [-0.05, 0) is 31.7 Å². The minimum absolute atomic E-state index is 0. The summed E-state index contributed by atoms with van der Waals surface area (Å²) < 4.78 is 5.28. The van der Waals surface area contributed by atoms with Crippen molar-refractivity contribution in [2.24, 2.45) is 5.73 Å². The molecule has 1 saturated heterocycles. The van der Waals surface area contributed by atoms with Crippen LogP contribution in [0.25, 0.3) is 11.1 Å². The Bertz CT molecular complexity index is 705. The van der Waals surface area contributed by atoms with Crippen molar-refractivity contribution < 1.29 is 9.32 Å². The number of carbonyl (C=O) groups excluding carboxylic acids is 1. The van der Waals surface area contributed by atoms with Gasteiger partial charge in [0.15, 0.2) is 0 Å². The van der Waals surface area contributed by atoms with Crippen LogP contribution >= 0.6 is 12.4 Å². The lowest BCUT2D eigenvalue weighted by Crippen LogP contribution is -2.43. The number of hydrogen-bond donors (Lipinski definition) is 1. The average molecular weight is 339 g/mol. The molecule has 0 aliphatic carbocycles. The van der Waals surface area contributed by atoms with Gasteiger partial charge in [0, 0.05) is 24.8 Å². The van der Waals surface area contributed by atoms with Crippen molar-refractivity contribution in [2.75, 3.05) is 13.1 Å². The van der Waals surface area contributed by atoms with Crippen LogP contribution in [0.4, 0.5) is 0 Å². The molecule has 1 amide bonds. The van der Waals surface area contributed by atoms with Crippen LogP contribution in [0, 0.1) is 6.92 Å². The second kappa shape index (κ2) is 6.84. The van der Waals surface area contributed by atoms with E-state index in [9.17, 15) is 4.79 Å². The highest BCUT2D eigenvalue weighted by Gasteiger charge is 2.26. The van der Waals surface area contributed by atoms with E-state index >= 15 is 0 Å². The van der Waals surface area contributed by atoms with Gasteiger partial charge >= 0.3 is 0 Å². The first-order chi connectivity index (χ1) is 10.5. The fourth-order valence-electron chi connectivity index (χ4n) is 2.85. The number of aryl methyl sites for hydroxylation is 1. The van der Waals surface area contributed by atoms with E-state index in [2.05, 4.69) is 10.1 Å². The Morgan fingerprint density at radius 1 is 1.39 bits per heavy atom. The molecule has 0 unspecified atom stereocenters. The summed E-state index contributed by atoms with van der Waals surface area (Å²) in [4.78, 5) is 19.3. The van der Waals surface area contributed by atoms with E-state index in [-0.39, 0.29) is 30.3 Å². The third kappa shape index (κ3) is 3.33. The number of pyridine rings is 1. The lowest BCUT2D eigenvalue weighted by molar-refractivity contribution is 0.0716. The van der Waals surface area contributed by atoms with E-state index in [0.717, 1.165) is 23.9 Å². The van der Waals surface area contributed by atoms with E-state index in [1.165, 1.54) is 0 Å². The lowest BCUT2D eigenvalue weighted by Gasteiger charge is -2.30. The third-order valence-corrected chi connectivity index (χ3v) is 4.29. The van der Waals surface area contributed by atoms with Crippen molar-refractivity contribution in [3.8, 4) is 0 Å². The number of nitrogens with two attached hydrogens (primary N) is 1. The van der Waals surface area contributed by atoms with Crippen molar-refractivity contribution in [2.45, 2.75) is 45.6 Å². The Morgan fingerprint density at radius 2 is 2.04 bits per heavy atom. The van der Waals surface area contributed by atoms with Crippen molar-refractivity contribution in [1.82, 2.24) is 15.0 Å². The van der Waals surface area contributed by atoms with Gasteiger partial charge in [0.1, 0.15) is 0 Å². The van der Waals surface area contributed by atoms with E-state index < -0.39 is 0 Å². The Labute approximate surface area is 141 Å². The van der Waals surface area contributed by atoms with Gasteiger partial charge < -0.3 is 15.2 Å². The largest absolute Gasteiger partial charge is 0.339 e. The predicted octanol–water partition coefficient (Wildman–Crippen LogP) is 2.64. The first kappa shape index (κ1) is 17.7. The summed E-state index contributed by atoms with van der Waals surface area (Å²) in [5.41, 5.74) is 8.56. The Balaban J connectivity index is 0.00000192. The molecule has 0 bridgehead atoms. The fraction of sp³-hybridized carbons (Fsp3) is 0.562. The molecule has 0 spiro atoms. The molecule has 2 N–H and O–H groups in total. The van der Waals surface area contributed by atoms with Crippen molar-refractivity contribution in [3.63, 3.8) is 0 Å². The van der Waals surface area contributed by atoms with Crippen LogP contribution in [0.5, 0.6) is 0 Å². The number of rotatable bonds is 2. The molecule has 6 nitrogen and oxygen atoms in total. The van der Waals surface area contributed by atoms with E-state index in [4.69, 9.17) is 10.3 Å². The number of nitrogens with zero attached hydrogens (tertiary/aromatic N) is 3. The zero-order valence-corrected chi connectivity index (χ0v) is 14.5. The number of amides is 1. The molecule has 2 aromatic heterocycles. The normalized spacial score (nSPS) is 16.0. The Hall–Kier alpha value is -1.66. The van der Waals surface area contributed by atoms with Crippen LogP contribution in [0.15, 0.2) is 10.6 Å². The number of carbonyl (C=O) groups is 1. The summed E-state index contributed by atoms with van der Waals surface area (Å²) in [5.74, 6) is 0.239. The lowest BCUT2D eigenvalue weighted by atomic mass is 10.0. The van der Waals surface area contributed by atoms with Crippen LogP contribution < -0.4 is 5.73 Å². The molecule has 0 radical (unpaired) electrons. The summed E-state index contributed by atoms with van der Waals surface area (Å²) in [6.45, 7) is 7.33.